The molecule has 0 radical (unpaired) electrons. The molecule has 1 amide bonds. The molecule has 8 heteroatoms. The van der Waals surface area contributed by atoms with E-state index in [4.69, 9.17) is 9.47 Å². The van der Waals surface area contributed by atoms with E-state index in [9.17, 15) is 4.79 Å². The smallest absolute Gasteiger partial charge is 0.275 e. The number of carbonyl (C=O) groups excluding carboxylic acids is 1. The van der Waals surface area contributed by atoms with Gasteiger partial charge in [0.25, 0.3) is 5.91 Å². The number of carbonyl (C=O) groups is 1. The molecule has 1 unspecified atom stereocenters. The molecule has 0 bridgehead atoms. The van der Waals surface area contributed by atoms with Gasteiger partial charge >= 0.3 is 0 Å². The number of hydrogen-bond acceptors (Lipinski definition) is 5. The minimum Gasteiger partial charge on any atom is -0.493 e. The molecule has 4 rings (SSSR count). The van der Waals surface area contributed by atoms with Crippen LogP contribution in [0, 0.1) is 0 Å². The lowest BCUT2D eigenvalue weighted by Gasteiger charge is -2.25. The number of methoxy groups -OCH3 is 2. The third-order valence-electron chi connectivity index (χ3n) is 5.31. The summed E-state index contributed by atoms with van der Waals surface area (Å²) in [6.07, 6.45) is 2.80. The summed E-state index contributed by atoms with van der Waals surface area (Å²) in [4.78, 5) is 15.1. The molecule has 27 heavy (non-hydrogen) atoms. The SMILES string of the molecule is COc1ccc(C2CCCN2C(=O)c2n[nH]c3c2CNCC3)cc1OC.Cl. The maximum Gasteiger partial charge on any atom is 0.275 e. The van der Waals surface area contributed by atoms with Crippen LogP contribution in [-0.4, -0.2) is 48.3 Å². The highest BCUT2D eigenvalue weighted by atomic mass is 35.5. The summed E-state index contributed by atoms with van der Waals surface area (Å²) in [6.45, 7) is 2.36. The van der Waals surface area contributed by atoms with Gasteiger partial charge in [-0.1, -0.05) is 6.07 Å². The summed E-state index contributed by atoms with van der Waals surface area (Å²) < 4.78 is 10.7. The van der Waals surface area contributed by atoms with E-state index in [0.717, 1.165) is 49.2 Å². The Kier molecular flexibility index (Phi) is 5.92. The van der Waals surface area contributed by atoms with Gasteiger partial charge in [-0.15, -0.1) is 12.4 Å². The lowest BCUT2D eigenvalue weighted by molar-refractivity contribution is 0.0728. The Balaban J connectivity index is 0.00000210. The van der Waals surface area contributed by atoms with Crippen molar-refractivity contribution < 1.29 is 14.3 Å². The van der Waals surface area contributed by atoms with Crippen molar-refractivity contribution in [1.82, 2.24) is 20.4 Å². The van der Waals surface area contributed by atoms with Crippen molar-refractivity contribution in [1.29, 1.82) is 0 Å². The maximum atomic E-state index is 13.2. The average Bonchev–Trinajstić information content (AvgIpc) is 3.34. The number of amides is 1. The van der Waals surface area contributed by atoms with E-state index < -0.39 is 0 Å². The molecule has 0 spiro atoms. The second-order valence-electron chi connectivity index (χ2n) is 6.73. The van der Waals surface area contributed by atoms with Crippen molar-refractivity contribution in [3.8, 4) is 11.5 Å². The summed E-state index contributed by atoms with van der Waals surface area (Å²) in [5, 5.41) is 10.7. The van der Waals surface area contributed by atoms with Crippen LogP contribution in [0.5, 0.6) is 11.5 Å². The van der Waals surface area contributed by atoms with Crippen LogP contribution in [0.2, 0.25) is 0 Å². The lowest BCUT2D eigenvalue weighted by Crippen LogP contribution is -2.33. The Morgan fingerprint density at radius 2 is 2.07 bits per heavy atom. The molecule has 2 N–H and O–H groups in total. The molecule has 1 saturated heterocycles. The molecule has 1 fully saturated rings. The first-order valence-corrected chi connectivity index (χ1v) is 9.02. The molecule has 1 atom stereocenters. The maximum absolute atomic E-state index is 13.2. The molecule has 1 aromatic heterocycles. The van der Waals surface area contributed by atoms with Crippen LogP contribution in [0.1, 0.15) is 46.2 Å². The van der Waals surface area contributed by atoms with Gasteiger partial charge in [0.2, 0.25) is 0 Å². The fourth-order valence-electron chi connectivity index (χ4n) is 3.95. The van der Waals surface area contributed by atoms with Gasteiger partial charge in [-0.05, 0) is 30.5 Å². The molecular formula is C19H25ClN4O3. The monoisotopic (exact) mass is 392 g/mol. The number of aromatic amines is 1. The highest BCUT2D eigenvalue weighted by molar-refractivity contribution is 5.94. The fourth-order valence-corrected chi connectivity index (χ4v) is 3.95. The summed E-state index contributed by atoms with van der Waals surface area (Å²) in [5.74, 6) is 1.38. The highest BCUT2D eigenvalue weighted by Gasteiger charge is 2.34. The van der Waals surface area contributed by atoms with E-state index in [1.165, 1.54) is 0 Å². The Morgan fingerprint density at radius 3 is 2.85 bits per heavy atom. The minimum absolute atomic E-state index is 0. The zero-order valence-corrected chi connectivity index (χ0v) is 16.4. The predicted octanol–water partition coefficient (Wildman–Crippen LogP) is 2.47. The molecule has 0 aliphatic carbocycles. The second kappa shape index (κ2) is 8.19. The lowest BCUT2D eigenvalue weighted by atomic mass is 10.0. The van der Waals surface area contributed by atoms with Crippen LogP contribution in [0.25, 0.3) is 0 Å². The Hall–Kier alpha value is -2.25. The summed E-state index contributed by atoms with van der Waals surface area (Å²) in [5.41, 5.74) is 3.71. The normalized spacial score (nSPS) is 18.6. The first-order valence-electron chi connectivity index (χ1n) is 9.02. The van der Waals surface area contributed by atoms with Crippen LogP contribution in [0.4, 0.5) is 0 Å². The molecule has 0 saturated carbocycles. The van der Waals surface area contributed by atoms with Crippen molar-refractivity contribution in [2.75, 3.05) is 27.3 Å². The van der Waals surface area contributed by atoms with E-state index >= 15 is 0 Å². The van der Waals surface area contributed by atoms with E-state index in [2.05, 4.69) is 15.5 Å². The number of H-pyrrole nitrogens is 1. The van der Waals surface area contributed by atoms with Gasteiger partial charge < -0.3 is 19.7 Å². The van der Waals surface area contributed by atoms with Gasteiger partial charge in [-0.25, -0.2) is 0 Å². The largest absolute Gasteiger partial charge is 0.493 e. The first kappa shape index (κ1) is 19.5. The van der Waals surface area contributed by atoms with Gasteiger partial charge in [0.1, 0.15) is 0 Å². The fraction of sp³-hybridized carbons (Fsp3) is 0.474. The molecule has 146 valence electrons. The van der Waals surface area contributed by atoms with Gasteiger partial charge in [0.15, 0.2) is 17.2 Å². The summed E-state index contributed by atoms with van der Waals surface area (Å²) in [6, 6.07) is 5.91. The van der Waals surface area contributed by atoms with Crippen molar-refractivity contribution >= 4 is 18.3 Å². The topological polar surface area (TPSA) is 79.5 Å². The number of hydrogen-bond donors (Lipinski definition) is 2. The average molecular weight is 393 g/mol. The number of likely N-dealkylation sites (tertiary alicyclic amines) is 1. The summed E-state index contributed by atoms with van der Waals surface area (Å²) >= 11 is 0. The molecule has 2 aromatic rings. The molecule has 1 aromatic carbocycles. The van der Waals surface area contributed by atoms with Gasteiger partial charge in [-0.3, -0.25) is 9.89 Å². The third kappa shape index (κ3) is 3.49. The number of fused-ring (bicyclic) bond motifs is 1. The van der Waals surface area contributed by atoms with Gasteiger partial charge in [0, 0.05) is 37.3 Å². The number of nitrogens with zero attached hydrogens (tertiary/aromatic N) is 2. The third-order valence-corrected chi connectivity index (χ3v) is 5.31. The van der Waals surface area contributed by atoms with E-state index in [-0.39, 0.29) is 24.4 Å². The first-order chi connectivity index (χ1) is 12.7. The molecule has 2 aliphatic heterocycles. The molecular weight excluding hydrogens is 368 g/mol. The quantitative estimate of drug-likeness (QED) is 0.835. The zero-order valence-electron chi connectivity index (χ0n) is 15.6. The van der Waals surface area contributed by atoms with Crippen molar-refractivity contribution in [2.24, 2.45) is 0 Å². The summed E-state index contributed by atoms with van der Waals surface area (Å²) in [7, 11) is 3.25. The van der Waals surface area contributed by atoms with Crippen molar-refractivity contribution in [3.05, 3.63) is 40.7 Å². The van der Waals surface area contributed by atoms with Crippen LogP contribution in [0.15, 0.2) is 18.2 Å². The molecule has 2 aliphatic rings. The Morgan fingerprint density at radius 1 is 1.26 bits per heavy atom. The number of ether oxygens (including phenoxy) is 2. The van der Waals surface area contributed by atoms with Gasteiger partial charge in [-0.2, -0.15) is 5.10 Å². The highest BCUT2D eigenvalue weighted by Crippen LogP contribution is 2.37. The van der Waals surface area contributed by atoms with Gasteiger partial charge in [0.05, 0.1) is 20.3 Å². The van der Waals surface area contributed by atoms with Crippen LogP contribution < -0.4 is 14.8 Å². The van der Waals surface area contributed by atoms with Crippen LogP contribution >= 0.6 is 12.4 Å². The van der Waals surface area contributed by atoms with Crippen molar-refractivity contribution in [2.45, 2.75) is 31.8 Å². The second-order valence-corrected chi connectivity index (χ2v) is 6.73. The Labute approximate surface area is 164 Å². The Bertz CT molecular complexity index is 823. The zero-order chi connectivity index (χ0) is 18.1. The number of rotatable bonds is 4. The minimum atomic E-state index is 0. The van der Waals surface area contributed by atoms with Crippen LogP contribution in [0.3, 0.4) is 0 Å². The number of benzene rings is 1. The van der Waals surface area contributed by atoms with E-state index in [0.29, 0.717) is 23.7 Å². The number of halogens is 1. The van der Waals surface area contributed by atoms with Crippen LogP contribution in [-0.2, 0) is 13.0 Å². The predicted molar refractivity (Wildman–Crippen MR) is 104 cm³/mol. The van der Waals surface area contributed by atoms with Crippen molar-refractivity contribution in [3.63, 3.8) is 0 Å². The van der Waals surface area contributed by atoms with E-state index in [1.54, 1.807) is 14.2 Å². The number of nitrogens with one attached hydrogen (secondary N) is 2. The molecule has 3 heterocycles. The van der Waals surface area contributed by atoms with E-state index in [1.807, 2.05) is 23.1 Å². The standard InChI is InChI=1S/C19H24N4O3.ClH/c1-25-16-6-5-12(10-17(16)26-2)15-4-3-9-23(15)19(24)18-13-11-20-8-7-14(13)21-22-18;/h5-6,10,15,20H,3-4,7-9,11H2,1-2H3,(H,21,22);1H. The molecule has 7 nitrogen and oxygen atoms in total. The number of aromatic nitrogens is 2.